The van der Waals surface area contributed by atoms with Gasteiger partial charge in [0.15, 0.2) is 16.6 Å². The zero-order valence-electron chi connectivity index (χ0n) is 11.8. The van der Waals surface area contributed by atoms with Gasteiger partial charge in [0.1, 0.15) is 0 Å². The number of aromatic nitrogens is 2. The number of hydrogen-bond donors (Lipinski definition) is 1. The van der Waals surface area contributed by atoms with Gasteiger partial charge in [0.25, 0.3) is 0 Å². The van der Waals surface area contributed by atoms with E-state index in [1.54, 1.807) is 12.4 Å². The second-order valence-corrected chi connectivity index (χ2v) is 5.70. The molecule has 0 atom stereocenters. The molecule has 1 aliphatic heterocycles. The van der Waals surface area contributed by atoms with Crippen molar-refractivity contribution in [2.45, 2.75) is 6.42 Å². The molecule has 0 radical (unpaired) electrons. The van der Waals surface area contributed by atoms with Gasteiger partial charge in [-0.05, 0) is 29.8 Å². The number of pyridine rings is 1. The summed E-state index contributed by atoms with van der Waals surface area (Å²) in [5, 5.41) is 0.607. The highest BCUT2D eigenvalue weighted by Crippen LogP contribution is 2.33. The molecule has 22 heavy (non-hydrogen) atoms. The predicted octanol–water partition coefficient (Wildman–Crippen LogP) is 3.13. The first-order chi connectivity index (χ1) is 10.8. The standard InChI is InChI=1S/C11H10N2O2S.C5H5N/c12-11-13-5-8(16-11)3-7-1-2-9-10(4-7)15-6-14-9;1-2-4-6-5-3-1/h1-2,4-5H,3,6H2,(H2,12,13);1-5H. The number of nitrogens with zero attached hydrogens (tertiary/aromatic N) is 2. The summed E-state index contributed by atoms with van der Waals surface area (Å²) in [4.78, 5) is 8.96. The van der Waals surface area contributed by atoms with Crippen LogP contribution in [0.5, 0.6) is 11.5 Å². The zero-order valence-corrected chi connectivity index (χ0v) is 12.6. The maximum Gasteiger partial charge on any atom is 0.231 e. The van der Waals surface area contributed by atoms with Crippen molar-refractivity contribution in [1.82, 2.24) is 9.97 Å². The van der Waals surface area contributed by atoms with E-state index in [2.05, 4.69) is 9.97 Å². The molecular weight excluding hydrogens is 298 g/mol. The number of nitrogens with two attached hydrogens (primary N) is 1. The molecule has 4 rings (SSSR count). The zero-order chi connectivity index (χ0) is 15.2. The number of rotatable bonds is 2. The van der Waals surface area contributed by atoms with Gasteiger partial charge < -0.3 is 15.2 Å². The van der Waals surface area contributed by atoms with Crippen LogP contribution in [0.4, 0.5) is 5.13 Å². The van der Waals surface area contributed by atoms with Crippen molar-refractivity contribution in [2.75, 3.05) is 12.5 Å². The minimum Gasteiger partial charge on any atom is -0.454 e. The molecule has 1 aliphatic rings. The monoisotopic (exact) mass is 313 g/mol. The average molecular weight is 313 g/mol. The Hall–Kier alpha value is -2.60. The van der Waals surface area contributed by atoms with Crippen LogP contribution < -0.4 is 15.2 Å². The van der Waals surface area contributed by atoms with E-state index in [9.17, 15) is 0 Å². The second kappa shape index (κ2) is 6.91. The smallest absolute Gasteiger partial charge is 0.231 e. The lowest BCUT2D eigenvalue weighted by Crippen LogP contribution is -1.92. The Morgan fingerprint density at radius 2 is 1.91 bits per heavy atom. The van der Waals surface area contributed by atoms with Gasteiger partial charge in [-0.3, -0.25) is 4.98 Å². The number of anilines is 1. The Kier molecular flexibility index (Phi) is 4.50. The summed E-state index contributed by atoms with van der Waals surface area (Å²) in [5.74, 6) is 1.63. The molecule has 0 fully saturated rings. The van der Waals surface area contributed by atoms with Crippen LogP contribution in [0.25, 0.3) is 0 Å². The Balaban J connectivity index is 0.000000202. The molecule has 1 aromatic carbocycles. The lowest BCUT2D eigenvalue weighted by molar-refractivity contribution is 0.174. The van der Waals surface area contributed by atoms with Crippen LogP contribution in [0.3, 0.4) is 0 Å². The summed E-state index contributed by atoms with van der Waals surface area (Å²) < 4.78 is 10.6. The second-order valence-electron chi connectivity index (χ2n) is 4.55. The van der Waals surface area contributed by atoms with E-state index in [1.807, 2.05) is 42.6 Å². The summed E-state index contributed by atoms with van der Waals surface area (Å²) in [6.07, 6.45) is 6.14. The van der Waals surface area contributed by atoms with Crippen LogP contribution in [0, 0.1) is 0 Å². The molecule has 3 aromatic rings. The molecule has 2 N–H and O–H groups in total. The molecule has 5 nitrogen and oxygen atoms in total. The summed E-state index contributed by atoms with van der Waals surface area (Å²) >= 11 is 1.51. The number of benzene rings is 1. The highest BCUT2D eigenvalue weighted by molar-refractivity contribution is 7.15. The lowest BCUT2D eigenvalue weighted by atomic mass is 10.1. The van der Waals surface area contributed by atoms with E-state index in [-0.39, 0.29) is 0 Å². The van der Waals surface area contributed by atoms with E-state index in [0.29, 0.717) is 11.9 Å². The lowest BCUT2D eigenvalue weighted by Gasteiger charge is -2.00. The molecular formula is C16H15N3O2S. The molecule has 0 amide bonds. The van der Waals surface area contributed by atoms with Crippen molar-refractivity contribution in [1.29, 1.82) is 0 Å². The topological polar surface area (TPSA) is 70.3 Å². The van der Waals surface area contributed by atoms with Crippen molar-refractivity contribution in [3.63, 3.8) is 0 Å². The third kappa shape index (κ3) is 3.73. The molecule has 0 saturated heterocycles. The van der Waals surface area contributed by atoms with E-state index >= 15 is 0 Å². The van der Waals surface area contributed by atoms with Crippen LogP contribution in [0.2, 0.25) is 0 Å². The maximum atomic E-state index is 5.59. The summed E-state index contributed by atoms with van der Waals surface area (Å²) in [7, 11) is 0. The average Bonchev–Trinajstić information content (AvgIpc) is 3.18. The molecule has 3 heterocycles. The van der Waals surface area contributed by atoms with E-state index in [0.717, 1.165) is 22.8 Å². The van der Waals surface area contributed by atoms with Gasteiger partial charge in [-0.2, -0.15) is 0 Å². The fraction of sp³-hybridized carbons (Fsp3) is 0.125. The van der Waals surface area contributed by atoms with Gasteiger partial charge in [0, 0.05) is 29.9 Å². The van der Waals surface area contributed by atoms with Crippen LogP contribution in [0.1, 0.15) is 10.4 Å². The third-order valence-electron chi connectivity index (χ3n) is 2.95. The van der Waals surface area contributed by atoms with Crippen molar-refractivity contribution >= 4 is 16.5 Å². The van der Waals surface area contributed by atoms with Gasteiger partial charge >= 0.3 is 0 Å². The van der Waals surface area contributed by atoms with Crippen LogP contribution in [-0.4, -0.2) is 16.8 Å². The SMILES string of the molecule is Nc1ncc(Cc2ccc3c(c2)OCO3)s1.c1ccncc1. The van der Waals surface area contributed by atoms with E-state index < -0.39 is 0 Å². The number of hydrogen-bond acceptors (Lipinski definition) is 6. The van der Waals surface area contributed by atoms with Gasteiger partial charge in [0.05, 0.1) is 0 Å². The largest absolute Gasteiger partial charge is 0.454 e. The fourth-order valence-corrected chi connectivity index (χ4v) is 2.69. The number of fused-ring (bicyclic) bond motifs is 1. The van der Waals surface area contributed by atoms with Crippen molar-refractivity contribution < 1.29 is 9.47 Å². The number of thiazole rings is 1. The normalized spacial score (nSPS) is 11.6. The number of nitrogen functional groups attached to an aromatic ring is 1. The molecule has 112 valence electrons. The molecule has 2 aromatic heterocycles. The Labute approximate surface area is 132 Å². The quantitative estimate of drug-likeness (QED) is 0.787. The van der Waals surface area contributed by atoms with Gasteiger partial charge in [-0.1, -0.05) is 12.1 Å². The summed E-state index contributed by atoms with van der Waals surface area (Å²) in [5.41, 5.74) is 6.76. The first-order valence-electron chi connectivity index (χ1n) is 6.75. The van der Waals surface area contributed by atoms with E-state index in [1.165, 1.54) is 16.9 Å². The van der Waals surface area contributed by atoms with Crippen molar-refractivity contribution in [3.05, 3.63) is 65.4 Å². The fourth-order valence-electron chi connectivity index (χ4n) is 1.97. The highest BCUT2D eigenvalue weighted by Gasteiger charge is 2.13. The highest BCUT2D eigenvalue weighted by atomic mass is 32.1. The summed E-state index contributed by atoms with van der Waals surface area (Å²) in [6, 6.07) is 11.7. The van der Waals surface area contributed by atoms with Gasteiger partial charge in [0.2, 0.25) is 6.79 Å². The molecule has 0 saturated carbocycles. The van der Waals surface area contributed by atoms with Crippen molar-refractivity contribution in [3.8, 4) is 11.5 Å². The first kappa shape index (κ1) is 14.3. The Morgan fingerprint density at radius 3 is 2.55 bits per heavy atom. The molecule has 6 heteroatoms. The Bertz CT molecular complexity index is 705. The first-order valence-corrected chi connectivity index (χ1v) is 7.56. The minimum atomic E-state index is 0.312. The third-order valence-corrected chi connectivity index (χ3v) is 3.78. The van der Waals surface area contributed by atoms with E-state index in [4.69, 9.17) is 15.2 Å². The van der Waals surface area contributed by atoms with Crippen molar-refractivity contribution in [2.24, 2.45) is 0 Å². The molecule has 0 spiro atoms. The summed E-state index contributed by atoms with van der Waals surface area (Å²) in [6.45, 7) is 0.312. The van der Waals surface area contributed by atoms with Gasteiger partial charge in [-0.15, -0.1) is 11.3 Å². The minimum absolute atomic E-state index is 0.312. The molecule has 0 aliphatic carbocycles. The van der Waals surface area contributed by atoms with Crippen LogP contribution in [0.15, 0.2) is 55.0 Å². The Morgan fingerprint density at radius 1 is 1.09 bits per heavy atom. The van der Waals surface area contributed by atoms with Crippen LogP contribution >= 0.6 is 11.3 Å². The number of ether oxygens (including phenoxy) is 2. The molecule has 0 bridgehead atoms. The van der Waals surface area contributed by atoms with Gasteiger partial charge in [-0.25, -0.2) is 4.98 Å². The van der Waals surface area contributed by atoms with Crippen LogP contribution in [-0.2, 0) is 6.42 Å². The predicted molar refractivity (Wildman–Crippen MR) is 86.1 cm³/mol. The molecule has 0 unspecified atom stereocenters. The maximum absolute atomic E-state index is 5.59.